The van der Waals surface area contributed by atoms with Crippen LogP contribution in [0, 0.1) is 0 Å². The summed E-state index contributed by atoms with van der Waals surface area (Å²) in [4.78, 5) is 14.6. The maximum atomic E-state index is 12.5. The molecule has 0 saturated carbocycles. The molecule has 27 heavy (non-hydrogen) atoms. The van der Waals surface area contributed by atoms with E-state index in [1.54, 1.807) is 0 Å². The van der Waals surface area contributed by atoms with E-state index in [4.69, 9.17) is 0 Å². The minimum atomic E-state index is 0.211. The SMILES string of the molecule is CC(C)=CCC/C(C)=C/CC(/C=C(\C)CCC=C(C)C)N1CCCCC1=O. The number of rotatable bonds is 10. The third kappa shape index (κ3) is 10.4. The summed E-state index contributed by atoms with van der Waals surface area (Å²) in [7, 11) is 0. The average molecular weight is 372 g/mol. The molecule has 0 aromatic heterocycles. The van der Waals surface area contributed by atoms with Crippen molar-refractivity contribution in [3.05, 3.63) is 46.6 Å². The summed E-state index contributed by atoms with van der Waals surface area (Å²) in [6.07, 6.45) is 17.5. The number of hydrogen-bond donors (Lipinski definition) is 0. The normalized spacial score (nSPS) is 17.0. The highest BCUT2D eigenvalue weighted by atomic mass is 16.2. The summed E-state index contributed by atoms with van der Waals surface area (Å²) in [5.41, 5.74) is 5.58. The van der Waals surface area contributed by atoms with Gasteiger partial charge in [-0.05, 0) is 86.5 Å². The Bertz CT molecular complexity index is 583. The summed E-state index contributed by atoms with van der Waals surface area (Å²) < 4.78 is 0. The highest BCUT2D eigenvalue weighted by Gasteiger charge is 2.24. The predicted molar refractivity (Wildman–Crippen MR) is 119 cm³/mol. The standard InChI is InChI=1S/C25H41NO/c1-20(2)11-9-13-22(5)16-17-24(26-18-8-7-15-25(26)27)19-23(6)14-10-12-21(3)4/h11-12,16,19,24H,7-10,13-15,17-18H2,1-6H3/b22-16+,23-19+. The number of likely N-dealkylation sites (tertiary alicyclic amines) is 1. The predicted octanol–water partition coefficient (Wildman–Crippen LogP) is 7.14. The molecule has 1 atom stereocenters. The molecule has 0 N–H and O–H groups in total. The minimum absolute atomic E-state index is 0.211. The Labute approximate surface area is 168 Å². The van der Waals surface area contributed by atoms with Crippen molar-refractivity contribution in [3.63, 3.8) is 0 Å². The third-order valence-corrected chi connectivity index (χ3v) is 5.13. The molecule has 152 valence electrons. The van der Waals surface area contributed by atoms with E-state index < -0.39 is 0 Å². The molecule has 0 bridgehead atoms. The van der Waals surface area contributed by atoms with Crippen molar-refractivity contribution in [2.24, 2.45) is 0 Å². The largest absolute Gasteiger partial charge is 0.336 e. The monoisotopic (exact) mass is 371 g/mol. The summed E-state index contributed by atoms with van der Waals surface area (Å²) in [6.45, 7) is 13.9. The van der Waals surface area contributed by atoms with Gasteiger partial charge in [0.05, 0.1) is 6.04 Å². The maximum absolute atomic E-state index is 12.5. The lowest BCUT2D eigenvalue weighted by molar-refractivity contribution is -0.134. The molecule has 1 fully saturated rings. The van der Waals surface area contributed by atoms with Crippen LogP contribution >= 0.6 is 0 Å². The number of amides is 1. The lowest BCUT2D eigenvalue weighted by Crippen LogP contribution is -2.42. The first kappa shape index (κ1) is 23.5. The van der Waals surface area contributed by atoms with E-state index in [-0.39, 0.29) is 6.04 Å². The van der Waals surface area contributed by atoms with Crippen LogP contribution in [-0.4, -0.2) is 23.4 Å². The van der Waals surface area contributed by atoms with Crippen molar-refractivity contribution in [2.45, 2.75) is 99.0 Å². The van der Waals surface area contributed by atoms with E-state index in [1.165, 1.54) is 22.3 Å². The lowest BCUT2D eigenvalue weighted by atomic mass is 9.99. The second-order valence-electron chi connectivity index (χ2n) is 8.55. The van der Waals surface area contributed by atoms with Crippen LogP contribution in [0.5, 0.6) is 0 Å². The van der Waals surface area contributed by atoms with E-state index in [0.29, 0.717) is 12.3 Å². The van der Waals surface area contributed by atoms with E-state index in [0.717, 1.165) is 51.5 Å². The first-order valence-corrected chi connectivity index (χ1v) is 10.7. The van der Waals surface area contributed by atoms with E-state index in [1.807, 2.05) is 0 Å². The number of hydrogen-bond acceptors (Lipinski definition) is 1. The molecule has 1 rings (SSSR count). The lowest BCUT2D eigenvalue weighted by Gasteiger charge is -2.33. The van der Waals surface area contributed by atoms with Gasteiger partial charge in [0.2, 0.25) is 5.91 Å². The first-order valence-electron chi connectivity index (χ1n) is 10.7. The van der Waals surface area contributed by atoms with Gasteiger partial charge in [0.1, 0.15) is 0 Å². The molecule has 0 radical (unpaired) electrons. The fourth-order valence-corrected chi connectivity index (χ4v) is 3.48. The summed E-state index contributed by atoms with van der Waals surface area (Å²) in [5.74, 6) is 0.329. The minimum Gasteiger partial charge on any atom is -0.336 e. The van der Waals surface area contributed by atoms with Gasteiger partial charge in [-0.3, -0.25) is 4.79 Å². The molecule has 1 heterocycles. The van der Waals surface area contributed by atoms with Crippen LogP contribution in [0.25, 0.3) is 0 Å². The fourth-order valence-electron chi connectivity index (χ4n) is 3.48. The molecule has 2 nitrogen and oxygen atoms in total. The molecule has 1 amide bonds. The van der Waals surface area contributed by atoms with Crippen molar-refractivity contribution in [3.8, 4) is 0 Å². The van der Waals surface area contributed by atoms with Crippen molar-refractivity contribution >= 4 is 5.91 Å². The van der Waals surface area contributed by atoms with Gasteiger partial charge in [0.15, 0.2) is 0 Å². The molecule has 0 aromatic rings. The second-order valence-corrected chi connectivity index (χ2v) is 8.55. The first-order chi connectivity index (χ1) is 12.8. The van der Waals surface area contributed by atoms with Crippen LogP contribution in [-0.2, 0) is 4.79 Å². The van der Waals surface area contributed by atoms with Gasteiger partial charge < -0.3 is 4.90 Å². The Kier molecular flexibility index (Phi) is 11.1. The van der Waals surface area contributed by atoms with Crippen molar-refractivity contribution in [1.29, 1.82) is 0 Å². The van der Waals surface area contributed by atoms with Gasteiger partial charge in [-0.25, -0.2) is 0 Å². The van der Waals surface area contributed by atoms with E-state index in [2.05, 4.69) is 70.7 Å². The van der Waals surface area contributed by atoms with Gasteiger partial charge in [0, 0.05) is 13.0 Å². The molecule has 1 aliphatic heterocycles. The Morgan fingerprint density at radius 2 is 1.48 bits per heavy atom. The van der Waals surface area contributed by atoms with Crippen LogP contribution in [0.4, 0.5) is 0 Å². The van der Waals surface area contributed by atoms with Crippen LogP contribution < -0.4 is 0 Å². The van der Waals surface area contributed by atoms with Crippen LogP contribution in [0.1, 0.15) is 92.9 Å². The van der Waals surface area contributed by atoms with Gasteiger partial charge in [-0.15, -0.1) is 0 Å². The number of nitrogens with zero attached hydrogens (tertiary/aromatic N) is 1. The highest BCUT2D eigenvalue weighted by molar-refractivity contribution is 5.77. The van der Waals surface area contributed by atoms with Crippen molar-refractivity contribution < 1.29 is 4.79 Å². The molecular weight excluding hydrogens is 330 g/mol. The quantitative estimate of drug-likeness (QED) is 0.374. The van der Waals surface area contributed by atoms with Crippen LogP contribution in [0.3, 0.4) is 0 Å². The third-order valence-electron chi connectivity index (χ3n) is 5.13. The molecule has 0 aliphatic carbocycles. The van der Waals surface area contributed by atoms with Gasteiger partial charge in [-0.2, -0.15) is 0 Å². The van der Waals surface area contributed by atoms with Crippen molar-refractivity contribution in [1.82, 2.24) is 4.90 Å². The molecular formula is C25H41NO. The van der Waals surface area contributed by atoms with E-state index in [9.17, 15) is 4.79 Å². The fraction of sp³-hybridized carbons (Fsp3) is 0.640. The molecule has 1 unspecified atom stereocenters. The molecule has 0 spiro atoms. The Hall–Kier alpha value is -1.57. The second kappa shape index (κ2) is 12.8. The Balaban J connectivity index is 2.79. The molecule has 0 aromatic carbocycles. The maximum Gasteiger partial charge on any atom is 0.223 e. The Morgan fingerprint density at radius 1 is 0.889 bits per heavy atom. The zero-order valence-electron chi connectivity index (χ0n) is 18.6. The zero-order chi connectivity index (χ0) is 20.2. The number of carbonyl (C=O) groups excluding carboxylic acids is 1. The number of piperidine rings is 1. The zero-order valence-corrected chi connectivity index (χ0v) is 18.6. The molecule has 1 saturated heterocycles. The smallest absolute Gasteiger partial charge is 0.223 e. The average Bonchev–Trinajstić information content (AvgIpc) is 2.58. The number of allylic oxidation sites excluding steroid dienone is 6. The summed E-state index contributed by atoms with van der Waals surface area (Å²) in [6, 6.07) is 0.211. The summed E-state index contributed by atoms with van der Waals surface area (Å²) >= 11 is 0. The van der Waals surface area contributed by atoms with Crippen LogP contribution in [0.15, 0.2) is 46.6 Å². The Morgan fingerprint density at radius 3 is 2.04 bits per heavy atom. The van der Waals surface area contributed by atoms with Gasteiger partial charge >= 0.3 is 0 Å². The van der Waals surface area contributed by atoms with E-state index >= 15 is 0 Å². The van der Waals surface area contributed by atoms with Crippen molar-refractivity contribution in [2.75, 3.05) is 6.54 Å². The van der Waals surface area contributed by atoms with Crippen LogP contribution in [0.2, 0.25) is 0 Å². The van der Waals surface area contributed by atoms with Gasteiger partial charge in [-0.1, -0.05) is 46.6 Å². The molecule has 2 heteroatoms. The highest BCUT2D eigenvalue weighted by Crippen LogP contribution is 2.21. The number of carbonyl (C=O) groups is 1. The van der Waals surface area contributed by atoms with Gasteiger partial charge in [0.25, 0.3) is 0 Å². The molecule has 1 aliphatic rings. The summed E-state index contributed by atoms with van der Waals surface area (Å²) in [5, 5.41) is 0. The topological polar surface area (TPSA) is 20.3 Å².